The molecule has 0 saturated carbocycles. The molecule has 1 rings (SSSR count). The number of ketones is 2. The van der Waals surface area contributed by atoms with Crippen molar-refractivity contribution in [2.45, 2.75) is 4.90 Å². The monoisotopic (exact) mass is 332 g/mol. The van der Waals surface area contributed by atoms with Crippen molar-refractivity contribution in [2.75, 3.05) is 25.8 Å². The minimum Gasteiger partial charge on any atom is -0.496 e. The second-order valence-electron chi connectivity index (χ2n) is 3.29. The molecule has 0 saturated heterocycles. The Hall–Kier alpha value is -1.01. The van der Waals surface area contributed by atoms with Gasteiger partial charge in [0.25, 0.3) is 0 Å². The Labute approximate surface area is 118 Å². The Kier molecular flexibility index (Phi) is 5.68. The van der Waals surface area contributed by atoms with Crippen molar-refractivity contribution in [1.82, 2.24) is 0 Å². The van der Waals surface area contributed by atoms with Crippen LogP contribution < -0.4 is 9.47 Å². The number of carbonyl (C=O) groups is 2. The first kappa shape index (κ1) is 15.0. The third-order valence-electron chi connectivity index (χ3n) is 2.32. The van der Waals surface area contributed by atoms with Gasteiger partial charge in [-0.25, -0.2) is 0 Å². The summed E-state index contributed by atoms with van der Waals surface area (Å²) in [5.74, 6) is -0.185. The van der Waals surface area contributed by atoms with Gasteiger partial charge in [-0.2, -0.15) is 0 Å². The molecule has 0 radical (unpaired) electrons. The second-order valence-corrected chi connectivity index (χ2v) is 4.70. The summed E-state index contributed by atoms with van der Waals surface area (Å²) in [7, 11) is 2.98. The van der Waals surface area contributed by atoms with E-state index < -0.39 is 11.6 Å². The summed E-state index contributed by atoms with van der Waals surface area (Å²) >= 11 is 4.45. The van der Waals surface area contributed by atoms with E-state index in [-0.39, 0.29) is 10.9 Å². The topological polar surface area (TPSA) is 52.6 Å². The third kappa shape index (κ3) is 3.05. The highest BCUT2D eigenvalue weighted by molar-refractivity contribution is 9.09. The molecule has 0 N–H and O–H groups in total. The molecule has 18 heavy (non-hydrogen) atoms. The number of carbonyl (C=O) groups excluding carboxylic acids is 2. The number of alkyl halides is 1. The van der Waals surface area contributed by atoms with Crippen LogP contribution in [0.5, 0.6) is 11.5 Å². The van der Waals surface area contributed by atoms with Gasteiger partial charge in [0.1, 0.15) is 11.5 Å². The van der Waals surface area contributed by atoms with Gasteiger partial charge in [-0.3, -0.25) is 9.59 Å². The SMILES string of the molecule is COc1cc(C(=O)C(=O)CBr)c(OC)cc1SC. The molecule has 0 aliphatic carbocycles. The number of hydrogen-bond acceptors (Lipinski definition) is 5. The zero-order valence-corrected chi connectivity index (χ0v) is 12.7. The van der Waals surface area contributed by atoms with Crippen molar-refractivity contribution in [1.29, 1.82) is 0 Å². The molecule has 1 aromatic rings. The molecule has 0 amide bonds. The first-order valence-corrected chi connectivity index (χ1v) is 7.37. The van der Waals surface area contributed by atoms with E-state index in [9.17, 15) is 9.59 Å². The summed E-state index contributed by atoms with van der Waals surface area (Å²) in [6, 6.07) is 3.23. The first-order valence-electron chi connectivity index (χ1n) is 5.02. The van der Waals surface area contributed by atoms with E-state index in [1.54, 1.807) is 6.07 Å². The van der Waals surface area contributed by atoms with Gasteiger partial charge in [-0.05, 0) is 18.4 Å². The van der Waals surface area contributed by atoms with Crippen LogP contribution in [0.25, 0.3) is 0 Å². The highest BCUT2D eigenvalue weighted by atomic mass is 79.9. The summed E-state index contributed by atoms with van der Waals surface area (Å²) in [4.78, 5) is 24.2. The van der Waals surface area contributed by atoms with Crippen molar-refractivity contribution in [3.63, 3.8) is 0 Å². The van der Waals surface area contributed by atoms with E-state index in [4.69, 9.17) is 9.47 Å². The second kappa shape index (κ2) is 6.80. The van der Waals surface area contributed by atoms with Gasteiger partial charge < -0.3 is 9.47 Å². The average Bonchev–Trinajstić information content (AvgIpc) is 2.43. The van der Waals surface area contributed by atoms with Crippen molar-refractivity contribution in [3.05, 3.63) is 17.7 Å². The van der Waals surface area contributed by atoms with Gasteiger partial charge in [-0.15, -0.1) is 11.8 Å². The highest BCUT2D eigenvalue weighted by Crippen LogP contribution is 2.34. The molecular formula is C12H13BrO4S. The van der Waals surface area contributed by atoms with Gasteiger partial charge in [0.15, 0.2) is 0 Å². The van der Waals surface area contributed by atoms with Crippen LogP contribution in [-0.2, 0) is 4.79 Å². The lowest BCUT2D eigenvalue weighted by Gasteiger charge is -2.12. The molecule has 0 spiro atoms. The van der Waals surface area contributed by atoms with Crippen LogP contribution in [0.3, 0.4) is 0 Å². The minimum atomic E-state index is -0.588. The van der Waals surface area contributed by atoms with E-state index in [0.717, 1.165) is 4.90 Å². The number of methoxy groups -OCH3 is 2. The lowest BCUT2D eigenvalue weighted by Crippen LogP contribution is -2.16. The Morgan fingerprint density at radius 1 is 1.22 bits per heavy atom. The normalized spacial score (nSPS) is 10.0. The lowest BCUT2D eigenvalue weighted by molar-refractivity contribution is -0.112. The van der Waals surface area contributed by atoms with Crippen molar-refractivity contribution < 1.29 is 19.1 Å². The Balaban J connectivity index is 3.34. The van der Waals surface area contributed by atoms with Crippen LogP contribution in [0.1, 0.15) is 10.4 Å². The van der Waals surface area contributed by atoms with Crippen LogP contribution in [0.15, 0.2) is 17.0 Å². The first-order chi connectivity index (χ1) is 8.58. The summed E-state index contributed by atoms with van der Waals surface area (Å²) in [5, 5.41) is -0.0123. The Morgan fingerprint density at radius 2 is 1.83 bits per heavy atom. The molecule has 0 unspecified atom stereocenters. The molecule has 0 aliphatic rings. The maximum absolute atomic E-state index is 11.9. The van der Waals surface area contributed by atoms with Crippen LogP contribution in [0.4, 0.5) is 0 Å². The van der Waals surface area contributed by atoms with Crippen molar-refractivity contribution in [2.24, 2.45) is 0 Å². The third-order valence-corrected chi connectivity index (χ3v) is 3.59. The summed E-state index contributed by atoms with van der Waals surface area (Å²) in [5.41, 5.74) is 0.219. The zero-order chi connectivity index (χ0) is 13.7. The maximum Gasteiger partial charge on any atom is 0.233 e. The zero-order valence-electron chi connectivity index (χ0n) is 10.3. The maximum atomic E-state index is 11.9. The standard InChI is InChI=1S/C12H13BrO4S/c1-16-9-5-11(18-3)10(17-2)4-7(9)12(15)8(14)6-13/h4-5H,6H2,1-3H3. The van der Waals surface area contributed by atoms with E-state index in [1.807, 2.05) is 6.26 Å². The van der Waals surface area contributed by atoms with Gasteiger partial charge in [0.2, 0.25) is 11.6 Å². The number of Topliss-reactive ketones (excluding diaryl/α,β-unsaturated/α-hetero) is 2. The molecule has 4 nitrogen and oxygen atoms in total. The largest absolute Gasteiger partial charge is 0.496 e. The quantitative estimate of drug-likeness (QED) is 0.347. The fraction of sp³-hybridized carbons (Fsp3) is 0.333. The number of halogens is 1. The van der Waals surface area contributed by atoms with Crippen LogP contribution in [0, 0.1) is 0 Å². The molecule has 0 aliphatic heterocycles. The van der Waals surface area contributed by atoms with Gasteiger partial charge in [-0.1, -0.05) is 15.9 Å². The molecule has 0 aromatic heterocycles. The lowest BCUT2D eigenvalue weighted by atomic mass is 10.1. The fourth-order valence-corrected chi connectivity index (χ4v) is 2.24. The van der Waals surface area contributed by atoms with Crippen LogP contribution in [0.2, 0.25) is 0 Å². The van der Waals surface area contributed by atoms with E-state index in [1.165, 1.54) is 32.0 Å². The Morgan fingerprint density at radius 3 is 2.28 bits per heavy atom. The Bertz CT molecular complexity index is 473. The average molecular weight is 333 g/mol. The summed E-state index contributed by atoms with van der Waals surface area (Å²) < 4.78 is 10.3. The molecule has 98 valence electrons. The van der Waals surface area contributed by atoms with Gasteiger partial charge >= 0.3 is 0 Å². The number of thioether (sulfide) groups is 1. The smallest absolute Gasteiger partial charge is 0.233 e. The van der Waals surface area contributed by atoms with Gasteiger partial charge in [0.05, 0.1) is 30.0 Å². The summed E-state index contributed by atoms with van der Waals surface area (Å²) in [6.45, 7) is 0. The van der Waals surface area contributed by atoms with Crippen molar-refractivity contribution in [3.8, 4) is 11.5 Å². The molecule has 0 bridgehead atoms. The predicted octanol–water partition coefficient (Wildman–Crippen LogP) is 2.57. The number of rotatable bonds is 6. The molecule has 0 atom stereocenters. The minimum absolute atomic E-state index is 0.0123. The molecule has 0 fully saturated rings. The molecule has 0 heterocycles. The van der Waals surface area contributed by atoms with Crippen molar-refractivity contribution >= 4 is 39.3 Å². The molecule has 1 aromatic carbocycles. The van der Waals surface area contributed by atoms with Gasteiger partial charge in [0, 0.05) is 0 Å². The van der Waals surface area contributed by atoms with Crippen LogP contribution >= 0.6 is 27.7 Å². The van der Waals surface area contributed by atoms with E-state index in [0.29, 0.717) is 11.5 Å². The molecular weight excluding hydrogens is 320 g/mol. The molecule has 6 heteroatoms. The number of ether oxygens (including phenoxy) is 2. The number of hydrogen-bond donors (Lipinski definition) is 0. The van der Waals surface area contributed by atoms with E-state index in [2.05, 4.69) is 15.9 Å². The predicted molar refractivity (Wildman–Crippen MR) is 74.5 cm³/mol. The fourth-order valence-electron chi connectivity index (χ4n) is 1.42. The van der Waals surface area contributed by atoms with Crippen LogP contribution in [-0.4, -0.2) is 37.4 Å². The summed E-state index contributed by atoms with van der Waals surface area (Å²) in [6.07, 6.45) is 1.89. The van der Waals surface area contributed by atoms with E-state index >= 15 is 0 Å². The number of benzene rings is 1. The highest BCUT2D eigenvalue weighted by Gasteiger charge is 2.21.